The van der Waals surface area contributed by atoms with Gasteiger partial charge in [0.05, 0.1) is 17.1 Å². The van der Waals surface area contributed by atoms with Crippen LogP contribution in [0.4, 0.5) is 0 Å². The molecule has 1 aliphatic heterocycles. The van der Waals surface area contributed by atoms with E-state index in [1.54, 1.807) is 0 Å². The molecule has 2 nitrogen and oxygen atoms in total. The number of aliphatic hydroxyl groups excluding tert-OH is 1. The van der Waals surface area contributed by atoms with E-state index in [9.17, 15) is 5.11 Å². The number of hydrogen-bond acceptors (Lipinski definition) is 2. The molecule has 0 radical (unpaired) electrons. The minimum Gasteiger partial charge on any atom is -0.392 e. The summed E-state index contributed by atoms with van der Waals surface area (Å²) in [6, 6.07) is 0. The number of hydrogen-bond donors (Lipinski definition) is 1. The van der Waals surface area contributed by atoms with Crippen LogP contribution in [-0.4, -0.2) is 37.4 Å². The van der Waals surface area contributed by atoms with Gasteiger partial charge in [-0.05, 0) is 38.5 Å². The summed E-state index contributed by atoms with van der Waals surface area (Å²) < 4.78 is 6.10. The molecule has 2 aliphatic carbocycles. The second-order valence-electron chi connectivity index (χ2n) is 7.78. The van der Waals surface area contributed by atoms with Crippen LogP contribution < -0.4 is 0 Å². The van der Waals surface area contributed by atoms with Crippen molar-refractivity contribution in [2.45, 2.75) is 79.3 Å². The van der Waals surface area contributed by atoms with E-state index >= 15 is 0 Å². The standard InChI is InChI=1S/C15H23Br2ClO2/c1-12(2)8(16)5-11-14(4,20-11)15(12)6-9(17)13(3,18)7-10(15)19/h8-11,19H,5-7H2,1-4H3. The van der Waals surface area contributed by atoms with E-state index in [1.807, 2.05) is 6.92 Å². The van der Waals surface area contributed by atoms with Gasteiger partial charge < -0.3 is 9.84 Å². The molecule has 7 atom stereocenters. The minimum absolute atomic E-state index is 0.0480. The zero-order valence-corrected chi connectivity index (χ0v) is 16.3. The maximum absolute atomic E-state index is 11.0. The first-order valence-corrected chi connectivity index (χ1v) is 9.53. The molecule has 7 unspecified atom stereocenters. The Balaban J connectivity index is 2.08. The van der Waals surface area contributed by atoms with Gasteiger partial charge in [-0.3, -0.25) is 0 Å². The molecule has 1 N–H and O–H groups in total. The van der Waals surface area contributed by atoms with Crippen LogP contribution in [0.25, 0.3) is 0 Å². The highest BCUT2D eigenvalue weighted by Crippen LogP contribution is 2.72. The van der Waals surface area contributed by atoms with Gasteiger partial charge in [-0.15, -0.1) is 11.6 Å². The van der Waals surface area contributed by atoms with Crippen molar-refractivity contribution in [3.63, 3.8) is 0 Å². The van der Waals surface area contributed by atoms with Crippen LogP contribution in [0.2, 0.25) is 0 Å². The van der Waals surface area contributed by atoms with E-state index in [2.05, 4.69) is 52.6 Å². The summed E-state index contributed by atoms with van der Waals surface area (Å²) in [7, 11) is 0. The van der Waals surface area contributed by atoms with Crippen molar-refractivity contribution in [1.29, 1.82) is 0 Å². The quantitative estimate of drug-likeness (QED) is 0.461. The maximum Gasteiger partial charge on any atom is 0.101 e. The van der Waals surface area contributed by atoms with E-state index in [-0.39, 0.29) is 27.4 Å². The van der Waals surface area contributed by atoms with Crippen molar-refractivity contribution >= 4 is 43.5 Å². The van der Waals surface area contributed by atoms with Crippen LogP contribution in [-0.2, 0) is 4.74 Å². The van der Waals surface area contributed by atoms with Gasteiger partial charge >= 0.3 is 0 Å². The zero-order valence-electron chi connectivity index (χ0n) is 12.4. The lowest BCUT2D eigenvalue weighted by Gasteiger charge is -2.61. The normalized spacial score (nSPS) is 61.2. The molecule has 1 spiro atoms. The molecule has 0 aromatic rings. The average Bonchev–Trinajstić information content (AvgIpc) is 2.94. The first-order valence-electron chi connectivity index (χ1n) is 7.32. The molecule has 20 heavy (non-hydrogen) atoms. The van der Waals surface area contributed by atoms with Gasteiger partial charge in [0.2, 0.25) is 0 Å². The Morgan fingerprint density at radius 3 is 2.30 bits per heavy atom. The summed E-state index contributed by atoms with van der Waals surface area (Å²) in [4.78, 5) is 0.129. The molecule has 3 rings (SSSR count). The molecule has 0 aromatic carbocycles. The third kappa shape index (κ3) is 1.75. The SMILES string of the molecule is CC1(Cl)CC(O)C2(CC1Br)C(C)(C)C(Br)CC1OC12C. The second kappa shape index (κ2) is 4.37. The van der Waals surface area contributed by atoms with Crippen molar-refractivity contribution in [3.05, 3.63) is 0 Å². The van der Waals surface area contributed by atoms with Gasteiger partial charge in [0.15, 0.2) is 0 Å². The van der Waals surface area contributed by atoms with Crippen molar-refractivity contribution in [3.8, 4) is 0 Å². The Labute approximate surface area is 143 Å². The molecule has 2 saturated carbocycles. The molecule has 0 aromatic heterocycles. The van der Waals surface area contributed by atoms with E-state index < -0.39 is 11.0 Å². The summed E-state index contributed by atoms with van der Waals surface area (Å²) in [6.07, 6.45) is 2.27. The Kier molecular flexibility index (Phi) is 3.51. The minimum atomic E-state index is -0.441. The molecular formula is C15H23Br2ClO2. The fourth-order valence-corrected chi connectivity index (χ4v) is 6.54. The number of alkyl halides is 3. The predicted molar refractivity (Wildman–Crippen MR) is 89.0 cm³/mol. The summed E-state index contributed by atoms with van der Waals surface area (Å²) in [5.74, 6) is 0. The molecule has 0 bridgehead atoms. The van der Waals surface area contributed by atoms with Gasteiger partial charge in [-0.25, -0.2) is 0 Å². The number of aliphatic hydroxyl groups is 1. The van der Waals surface area contributed by atoms with Gasteiger partial charge in [-0.2, -0.15) is 0 Å². The number of rotatable bonds is 0. The van der Waals surface area contributed by atoms with E-state index in [4.69, 9.17) is 16.3 Å². The van der Waals surface area contributed by atoms with Crippen LogP contribution in [0, 0.1) is 10.8 Å². The lowest BCUT2D eigenvalue weighted by Crippen LogP contribution is -2.67. The first kappa shape index (κ1) is 16.0. The number of fused-ring (bicyclic) bond motifs is 2. The Bertz CT molecular complexity index is 442. The molecule has 116 valence electrons. The van der Waals surface area contributed by atoms with Crippen molar-refractivity contribution in [1.82, 2.24) is 0 Å². The summed E-state index contributed by atoms with van der Waals surface area (Å²) in [5.41, 5.74) is -0.535. The maximum atomic E-state index is 11.0. The molecule has 1 saturated heterocycles. The van der Waals surface area contributed by atoms with Gasteiger partial charge in [0, 0.05) is 15.1 Å². The fraction of sp³-hybridized carbons (Fsp3) is 1.00. The average molecular weight is 431 g/mol. The van der Waals surface area contributed by atoms with Crippen molar-refractivity contribution < 1.29 is 9.84 Å². The van der Waals surface area contributed by atoms with Crippen molar-refractivity contribution in [2.24, 2.45) is 10.8 Å². The third-order valence-electron chi connectivity index (χ3n) is 6.50. The monoisotopic (exact) mass is 428 g/mol. The van der Waals surface area contributed by atoms with Crippen LogP contribution >= 0.6 is 43.5 Å². The molecule has 1 heterocycles. The van der Waals surface area contributed by atoms with Crippen LogP contribution in [0.3, 0.4) is 0 Å². The Morgan fingerprint density at radius 1 is 1.10 bits per heavy atom. The van der Waals surface area contributed by atoms with Gasteiger partial charge in [0.1, 0.15) is 5.60 Å². The van der Waals surface area contributed by atoms with Gasteiger partial charge in [-0.1, -0.05) is 45.7 Å². The van der Waals surface area contributed by atoms with E-state index in [1.165, 1.54) is 0 Å². The largest absolute Gasteiger partial charge is 0.392 e. The molecule has 0 amide bonds. The third-order valence-corrected chi connectivity index (χ3v) is 10.0. The highest BCUT2D eigenvalue weighted by molar-refractivity contribution is 9.09. The number of halogens is 3. The van der Waals surface area contributed by atoms with Crippen LogP contribution in [0.1, 0.15) is 47.0 Å². The summed E-state index contributed by atoms with van der Waals surface area (Å²) >= 11 is 14.2. The molecule has 5 heteroatoms. The molecule has 3 fully saturated rings. The second-order valence-corrected chi connectivity index (χ2v) is 10.9. The smallest absolute Gasteiger partial charge is 0.101 e. The summed E-state index contributed by atoms with van der Waals surface area (Å²) in [6.45, 7) is 8.71. The Hall–Kier alpha value is 1.17. The van der Waals surface area contributed by atoms with E-state index in [0.717, 1.165) is 12.8 Å². The highest BCUT2D eigenvalue weighted by atomic mass is 79.9. The number of epoxide rings is 1. The number of ether oxygens (including phenoxy) is 1. The highest BCUT2D eigenvalue weighted by Gasteiger charge is 2.78. The lowest BCUT2D eigenvalue weighted by molar-refractivity contribution is -0.143. The molecular weight excluding hydrogens is 407 g/mol. The fourth-order valence-electron chi connectivity index (χ4n) is 4.87. The van der Waals surface area contributed by atoms with Crippen molar-refractivity contribution in [2.75, 3.05) is 0 Å². The van der Waals surface area contributed by atoms with E-state index in [0.29, 0.717) is 11.2 Å². The van der Waals surface area contributed by atoms with Gasteiger partial charge in [0.25, 0.3) is 0 Å². The summed E-state index contributed by atoms with van der Waals surface area (Å²) in [5, 5.41) is 11.0. The lowest BCUT2D eigenvalue weighted by atomic mass is 9.46. The first-order chi connectivity index (χ1) is 8.99. The Morgan fingerprint density at radius 2 is 1.70 bits per heavy atom. The van der Waals surface area contributed by atoms with Crippen LogP contribution in [0.5, 0.6) is 0 Å². The zero-order chi connectivity index (χ0) is 15.1. The topological polar surface area (TPSA) is 32.8 Å². The molecule has 3 aliphatic rings. The van der Waals surface area contributed by atoms with Crippen LogP contribution in [0.15, 0.2) is 0 Å². The predicted octanol–water partition coefficient (Wildman–Crippen LogP) is 4.24.